The van der Waals surface area contributed by atoms with Crippen molar-refractivity contribution < 1.29 is 0 Å². The summed E-state index contributed by atoms with van der Waals surface area (Å²) in [7, 11) is 0. The molecule has 1 rings (SSSR count). The van der Waals surface area contributed by atoms with E-state index in [9.17, 15) is 0 Å². The minimum Gasteiger partial charge on any atom is -0.135 e. The van der Waals surface area contributed by atoms with E-state index in [1.165, 1.54) is 12.8 Å². The molecule has 0 aliphatic carbocycles. The molecule has 1 aliphatic heterocycles. The Morgan fingerprint density at radius 1 is 1.08 bits per heavy atom. The lowest BCUT2D eigenvalue weighted by Gasteiger charge is -2.17. The number of unbranched alkanes of at least 4 members (excludes halogenated alkanes) is 2. The zero-order chi connectivity index (χ0) is 9.57. The molecule has 1 aliphatic rings. The van der Waals surface area contributed by atoms with E-state index < -0.39 is 0 Å². The smallest absolute Gasteiger partial charge is 0.135 e. The van der Waals surface area contributed by atoms with Crippen LogP contribution in [0, 0.1) is 6.92 Å². The lowest BCUT2D eigenvalue weighted by molar-refractivity contribution is 0.366. The number of hydrogen-bond acceptors (Lipinski definition) is 4. The molecule has 0 amide bonds. The first kappa shape index (κ1) is 10.3. The molecule has 4 heteroatoms. The molecule has 4 nitrogen and oxygen atoms in total. The van der Waals surface area contributed by atoms with E-state index in [0.29, 0.717) is 0 Å². The second kappa shape index (κ2) is 5.04. The van der Waals surface area contributed by atoms with Crippen molar-refractivity contribution in [2.45, 2.75) is 51.1 Å². The first-order valence-corrected chi connectivity index (χ1v) is 4.96. The van der Waals surface area contributed by atoms with Crippen LogP contribution in [-0.4, -0.2) is 5.66 Å². The van der Waals surface area contributed by atoms with Crippen molar-refractivity contribution in [3.05, 3.63) is 6.92 Å². The van der Waals surface area contributed by atoms with Gasteiger partial charge in [0.05, 0.1) is 0 Å². The molecule has 13 heavy (non-hydrogen) atoms. The van der Waals surface area contributed by atoms with Gasteiger partial charge in [-0.15, -0.1) is 10.2 Å². The second-order valence-corrected chi connectivity index (χ2v) is 3.42. The summed E-state index contributed by atoms with van der Waals surface area (Å²) in [6.07, 6.45) is 6.25. The summed E-state index contributed by atoms with van der Waals surface area (Å²) in [5.74, 6) is 0. The van der Waals surface area contributed by atoms with Gasteiger partial charge in [0, 0.05) is 0 Å². The van der Waals surface area contributed by atoms with Gasteiger partial charge in [0.15, 0.2) is 5.66 Å². The Morgan fingerprint density at radius 3 is 2.31 bits per heavy atom. The lowest BCUT2D eigenvalue weighted by atomic mass is 9.98. The zero-order valence-electron chi connectivity index (χ0n) is 8.24. The summed E-state index contributed by atoms with van der Waals surface area (Å²) >= 11 is 0. The van der Waals surface area contributed by atoms with Crippen LogP contribution in [0.1, 0.15) is 45.4 Å². The van der Waals surface area contributed by atoms with Crippen LogP contribution in [0.3, 0.4) is 0 Å². The van der Waals surface area contributed by atoms with Crippen LogP contribution in [0.4, 0.5) is 0 Å². The SMILES string of the molecule is [CH2]CCC1(CCCCC)N=NN=N1. The van der Waals surface area contributed by atoms with Crippen molar-refractivity contribution in [2.75, 3.05) is 0 Å². The maximum absolute atomic E-state index is 4.08. The minimum atomic E-state index is -0.350. The minimum absolute atomic E-state index is 0.350. The fraction of sp³-hybridized carbons (Fsp3) is 0.889. The molecule has 0 unspecified atom stereocenters. The van der Waals surface area contributed by atoms with Crippen LogP contribution >= 0.6 is 0 Å². The molecule has 0 saturated carbocycles. The van der Waals surface area contributed by atoms with Crippen molar-refractivity contribution in [3.8, 4) is 0 Å². The van der Waals surface area contributed by atoms with Gasteiger partial charge in [-0.25, -0.2) is 0 Å². The third kappa shape index (κ3) is 2.86. The molecule has 0 fully saturated rings. The van der Waals surface area contributed by atoms with Gasteiger partial charge >= 0.3 is 0 Å². The summed E-state index contributed by atoms with van der Waals surface area (Å²) in [4.78, 5) is 0. The van der Waals surface area contributed by atoms with Crippen molar-refractivity contribution in [2.24, 2.45) is 20.7 Å². The van der Waals surface area contributed by atoms with Gasteiger partial charge < -0.3 is 0 Å². The van der Waals surface area contributed by atoms with Gasteiger partial charge in [-0.05, 0) is 36.1 Å². The number of hydrogen-bond donors (Lipinski definition) is 0. The van der Waals surface area contributed by atoms with Crippen LogP contribution in [0.25, 0.3) is 0 Å². The molecule has 0 saturated heterocycles. The summed E-state index contributed by atoms with van der Waals surface area (Å²) < 4.78 is 0. The highest BCUT2D eigenvalue weighted by molar-refractivity contribution is 4.84. The largest absolute Gasteiger partial charge is 0.195 e. The zero-order valence-corrected chi connectivity index (χ0v) is 8.24. The fourth-order valence-electron chi connectivity index (χ4n) is 1.49. The van der Waals surface area contributed by atoms with E-state index in [0.717, 1.165) is 25.7 Å². The van der Waals surface area contributed by atoms with E-state index in [4.69, 9.17) is 0 Å². The van der Waals surface area contributed by atoms with Crippen LogP contribution in [0.15, 0.2) is 20.7 Å². The molecule has 0 aromatic rings. The third-order valence-corrected chi connectivity index (χ3v) is 2.26. The standard InChI is InChI=1S/C9H17N4/c1-3-5-6-8-9(7-4-2)10-12-13-11-9/h2-8H2,1H3. The van der Waals surface area contributed by atoms with Gasteiger partial charge in [-0.2, -0.15) is 0 Å². The Morgan fingerprint density at radius 2 is 1.77 bits per heavy atom. The molecule has 1 radical (unpaired) electrons. The summed E-state index contributed by atoms with van der Waals surface area (Å²) in [6, 6.07) is 0. The van der Waals surface area contributed by atoms with E-state index in [2.05, 4.69) is 34.5 Å². The summed E-state index contributed by atoms with van der Waals surface area (Å²) in [6.45, 7) is 6.01. The van der Waals surface area contributed by atoms with Crippen LogP contribution in [0.5, 0.6) is 0 Å². The highest BCUT2D eigenvalue weighted by Gasteiger charge is 2.31. The van der Waals surface area contributed by atoms with Crippen molar-refractivity contribution in [3.63, 3.8) is 0 Å². The molecule has 73 valence electrons. The Kier molecular flexibility index (Phi) is 3.99. The van der Waals surface area contributed by atoms with Crippen LogP contribution in [0.2, 0.25) is 0 Å². The van der Waals surface area contributed by atoms with Crippen LogP contribution < -0.4 is 0 Å². The van der Waals surface area contributed by atoms with Crippen molar-refractivity contribution in [1.82, 2.24) is 0 Å². The van der Waals surface area contributed by atoms with E-state index >= 15 is 0 Å². The third-order valence-electron chi connectivity index (χ3n) is 2.26. The molecule has 0 aromatic heterocycles. The monoisotopic (exact) mass is 181 g/mol. The quantitative estimate of drug-likeness (QED) is 0.561. The highest BCUT2D eigenvalue weighted by atomic mass is 15.6. The average molecular weight is 181 g/mol. The summed E-state index contributed by atoms with van der Waals surface area (Å²) in [5.41, 5.74) is -0.350. The van der Waals surface area contributed by atoms with Gasteiger partial charge in [0.1, 0.15) is 0 Å². The van der Waals surface area contributed by atoms with E-state index in [1.807, 2.05) is 0 Å². The molecule has 0 N–H and O–H groups in total. The molecule has 0 atom stereocenters. The molecule has 0 bridgehead atoms. The maximum atomic E-state index is 4.08. The van der Waals surface area contributed by atoms with Gasteiger partial charge in [-0.1, -0.05) is 26.7 Å². The van der Waals surface area contributed by atoms with Gasteiger partial charge in [0.2, 0.25) is 0 Å². The second-order valence-electron chi connectivity index (χ2n) is 3.42. The molecule has 0 spiro atoms. The number of nitrogens with zero attached hydrogens (tertiary/aromatic N) is 4. The highest BCUT2D eigenvalue weighted by Crippen LogP contribution is 2.31. The molecule has 0 aromatic carbocycles. The maximum Gasteiger partial charge on any atom is 0.195 e. The normalized spacial score (nSPS) is 18.3. The van der Waals surface area contributed by atoms with Crippen molar-refractivity contribution >= 4 is 0 Å². The van der Waals surface area contributed by atoms with Crippen LogP contribution in [-0.2, 0) is 0 Å². The lowest BCUT2D eigenvalue weighted by Crippen LogP contribution is -2.20. The Hall–Kier alpha value is -0.800. The number of rotatable bonds is 6. The Bertz CT molecular complexity index is 186. The fourth-order valence-corrected chi connectivity index (χ4v) is 1.49. The molecular weight excluding hydrogens is 164 g/mol. The van der Waals surface area contributed by atoms with E-state index in [1.54, 1.807) is 0 Å². The summed E-state index contributed by atoms with van der Waals surface area (Å²) in [5, 5.41) is 15.3. The average Bonchev–Trinajstić information content (AvgIpc) is 2.55. The predicted octanol–water partition coefficient (Wildman–Crippen LogP) is 3.71. The topological polar surface area (TPSA) is 49.4 Å². The Balaban J connectivity index is 2.39. The first-order chi connectivity index (χ1) is 6.33. The molecule has 1 heterocycles. The first-order valence-electron chi connectivity index (χ1n) is 4.96. The van der Waals surface area contributed by atoms with Crippen molar-refractivity contribution in [1.29, 1.82) is 0 Å². The van der Waals surface area contributed by atoms with E-state index in [-0.39, 0.29) is 5.66 Å². The predicted molar refractivity (Wildman–Crippen MR) is 51.2 cm³/mol. The van der Waals surface area contributed by atoms with Gasteiger partial charge in [-0.3, -0.25) is 0 Å². The molecular formula is C9H17N4. The van der Waals surface area contributed by atoms with Gasteiger partial charge in [0.25, 0.3) is 0 Å². The Labute approximate surface area is 79.5 Å².